The maximum atomic E-state index is 11.8. The Morgan fingerprint density at radius 2 is 2.22 bits per heavy atom. The molecule has 1 aliphatic rings. The second-order valence-electron chi connectivity index (χ2n) is 5.52. The Morgan fingerprint density at radius 1 is 1.52 bits per heavy atom. The Labute approximate surface area is 132 Å². The summed E-state index contributed by atoms with van der Waals surface area (Å²) in [6.07, 6.45) is 1.75. The van der Waals surface area contributed by atoms with Gasteiger partial charge >= 0.3 is 5.97 Å². The quantitative estimate of drug-likeness (QED) is 0.482. The average Bonchev–Trinajstić information content (AvgIpc) is 3.37. The van der Waals surface area contributed by atoms with E-state index >= 15 is 0 Å². The van der Waals surface area contributed by atoms with Crippen molar-refractivity contribution in [3.63, 3.8) is 0 Å². The van der Waals surface area contributed by atoms with E-state index < -0.39 is 28.9 Å². The predicted octanol–water partition coefficient (Wildman–Crippen LogP) is 1.56. The number of nitro groups is 1. The summed E-state index contributed by atoms with van der Waals surface area (Å²) >= 11 is 0. The van der Waals surface area contributed by atoms with Crippen LogP contribution in [0.4, 0.5) is 5.69 Å². The molecule has 0 bridgehead atoms. The van der Waals surface area contributed by atoms with Gasteiger partial charge in [0, 0.05) is 12.1 Å². The standard InChI is InChI=1S/C15H15N3O5/c1-15(9-16,11-5-6-11)17-13(19)8-23-14(20)10-3-2-4-12(7-10)18(21)22/h2-4,7,11H,5-6,8H2,1H3,(H,17,19)/t15-/m0/s1. The number of nitrogens with one attached hydrogen (secondary N) is 1. The van der Waals surface area contributed by atoms with Gasteiger partial charge in [0.15, 0.2) is 6.61 Å². The van der Waals surface area contributed by atoms with Crippen molar-refractivity contribution < 1.29 is 19.2 Å². The molecule has 8 heteroatoms. The van der Waals surface area contributed by atoms with Crippen molar-refractivity contribution >= 4 is 17.6 Å². The number of esters is 1. The van der Waals surface area contributed by atoms with E-state index in [0.29, 0.717) is 0 Å². The first-order chi connectivity index (χ1) is 10.9. The number of amides is 1. The number of carbonyl (C=O) groups excluding carboxylic acids is 2. The van der Waals surface area contributed by atoms with Gasteiger partial charge in [0.2, 0.25) is 0 Å². The first-order valence-corrected chi connectivity index (χ1v) is 6.99. The lowest BCUT2D eigenvalue weighted by atomic mass is 9.98. The van der Waals surface area contributed by atoms with Crippen LogP contribution in [0, 0.1) is 27.4 Å². The minimum Gasteiger partial charge on any atom is -0.452 e. The second-order valence-corrected chi connectivity index (χ2v) is 5.52. The molecule has 0 unspecified atom stereocenters. The molecule has 1 atom stereocenters. The number of nitro benzene ring substituents is 1. The number of benzene rings is 1. The summed E-state index contributed by atoms with van der Waals surface area (Å²) in [5.41, 5.74) is -1.22. The SMILES string of the molecule is C[C@@](C#N)(NC(=O)COC(=O)c1cccc([N+](=O)[O-])c1)C1CC1. The molecule has 2 rings (SSSR count). The number of non-ortho nitro benzene ring substituents is 1. The lowest BCUT2D eigenvalue weighted by Crippen LogP contribution is -2.48. The third-order valence-electron chi connectivity index (χ3n) is 3.65. The summed E-state index contributed by atoms with van der Waals surface area (Å²) in [7, 11) is 0. The van der Waals surface area contributed by atoms with E-state index in [0.717, 1.165) is 18.9 Å². The summed E-state index contributed by atoms with van der Waals surface area (Å²) in [6.45, 7) is 1.08. The second kappa shape index (κ2) is 6.44. The maximum Gasteiger partial charge on any atom is 0.338 e. The van der Waals surface area contributed by atoms with Crippen LogP contribution in [0.1, 0.15) is 30.1 Å². The molecule has 1 saturated carbocycles. The first-order valence-electron chi connectivity index (χ1n) is 6.99. The number of ether oxygens (including phenoxy) is 1. The molecule has 1 aliphatic carbocycles. The van der Waals surface area contributed by atoms with Crippen molar-refractivity contribution in [2.24, 2.45) is 5.92 Å². The summed E-state index contributed by atoms with van der Waals surface area (Å²) in [5.74, 6) is -1.31. The summed E-state index contributed by atoms with van der Waals surface area (Å²) < 4.78 is 4.83. The van der Waals surface area contributed by atoms with Gasteiger partial charge in [-0.1, -0.05) is 6.07 Å². The molecule has 0 heterocycles. The number of carbonyl (C=O) groups is 2. The Balaban J connectivity index is 1.91. The van der Waals surface area contributed by atoms with Gasteiger partial charge < -0.3 is 10.1 Å². The molecule has 0 radical (unpaired) electrons. The van der Waals surface area contributed by atoms with E-state index in [-0.39, 0.29) is 17.2 Å². The molecule has 0 spiro atoms. The topological polar surface area (TPSA) is 122 Å². The Kier molecular flexibility index (Phi) is 4.60. The van der Waals surface area contributed by atoms with Crippen molar-refractivity contribution in [1.82, 2.24) is 5.32 Å². The molecule has 1 amide bonds. The molecular formula is C15H15N3O5. The van der Waals surface area contributed by atoms with Crippen LogP contribution < -0.4 is 5.32 Å². The van der Waals surface area contributed by atoms with E-state index in [2.05, 4.69) is 11.4 Å². The average molecular weight is 317 g/mol. The highest BCUT2D eigenvalue weighted by molar-refractivity contribution is 5.92. The normalized spacial score (nSPS) is 15.8. The van der Waals surface area contributed by atoms with Gasteiger partial charge in [0.05, 0.1) is 16.6 Å². The molecule has 1 aromatic rings. The predicted molar refractivity (Wildman–Crippen MR) is 78.3 cm³/mol. The number of hydrogen-bond donors (Lipinski definition) is 1. The van der Waals surface area contributed by atoms with Gasteiger partial charge in [0.25, 0.3) is 11.6 Å². The molecule has 1 fully saturated rings. The maximum absolute atomic E-state index is 11.8. The summed E-state index contributed by atoms with van der Waals surface area (Å²) in [4.78, 5) is 33.7. The van der Waals surface area contributed by atoms with E-state index in [4.69, 9.17) is 10.00 Å². The van der Waals surface area contributed by atoms with Gasteiger partial charge in [-0.25, -0.2) is 4.79 Å². The smallest absolute Gasteiger partial charge is 0.338 e. The Morgan fingerprint density at radius 3 is 2.78 bits per heavy atom. The van der Waals surface area contributed by atoms with Crippen LogP contribution in [-0.2, 0) is 9.53 Å². The van der Waals surface area contributed by atoms with Crippen LogP contribution in [0.3, 0.4) is 0 Å². The van der Waals surface area contributed by atoms with E-state index in [1.165, 1.54) is 18.2 Å². The highest BCUT2D eigenvalue weighted by atomic mass is 16.6. The number of hydrogen-bond acceptors (Lipinski definition) is 6. The van der Waals surface area contributed by atoms with E-state index in [1.807, 2.05) is 0 Å². The zero-order valence-corrected chi connectivity index (χ0v) is 12.4. The van der Waals surface area contributed by atoms with Gasteiger partial charge in [-0.3, -0.25) is 14.9 Å². The van der Waals surface area contributed by atoms with Gasteiger partial charge in [-0.05, 0) is 31.7 Å². The van der Waals surface area contributed by atoms with Crippen molar-refractivity contribution in [3.8, 4) is 6.07 Å². The molecular weight excluding hydrogens is 302 g/mol. The zero-order valence-electron chi connectivity index (χ0n) is 12.4. The monoisotopic (exact) mass is 317 g/mol. The van der Waals surface area contributed by atoms with Crippen molar-refractivity contribution in [2.45, 2.75) is 25.3 Å². The number of rotatable bonds is 6. The number of nitrogens with zero attached hydrogens (tertiary/aromatic N) is 2. The molecule has 8 nitrogen and oxygen atoms in total. The van der Waals surface area contributed by atoms with Gasteiger partial charge in [0.1, 0.15) is 5.54 Å². The summed E-state index contributed by atoms with van der Waals surface area (Å²) in [6, 6.07) is 7.10. The largest absolute Gasteiger partial charge is 0.452 e. The molecule has 120 valence electrons. The molecule has 0 aromatic heterocycles. The lowest BCUT2D eigenvalue weighted by molar-refractivity contribution is -0.384. The highest BCUT2D eigenvalue weighted by Crippen LogP contribution is 2.39. The van der Waals surface area contributed by atoms with Crippen molar-refractivity contribution in [3.05, 3.63) is 39.9 Å². The Hall–Kier alpha value is -2.95. The molecule has 0 aliphatic heterocycles. The minimum atomic E-state index is -0.963. The fourth-order valence-electron chi connectivity index (χ4n) is 2.17. The van der Waals surface area contributed by atoms with Gasteiger partial charge in [-0.2, -0.15) is 5.26 Å². The number of nitriles is 1. The van der Waals surface area contributed by atoms with Crippen LogP contribution in [0.25, 0.3) is 0 Å². The summed E-state index contributed by atoms with van der Waals surface area (Å²) in [5, 5.41) is 22.4. The van der Waals surface area contributed by atoms with Crippen LogP contribution in [0.5, 0.6) is 0 Å². The third-order valence-corrected chi connectivity index (χ3v) is 3.65. The molecule has 1 aromatic carbocycles. The zero-order chi connectivity index (χ0) is 17.0. The molecule has 0 saturated heterocycles. The van der Waals surface area contributed by atoms with E-state index in [9.17, 15) is 19.7 Å². The van der Waals surface area contributed by atoms with Crippen LogP contribution in [-0.4, -0.2) is 28.9 Å². The minimum absolute atomic E-state index is 0.0164. The van der Waals surface area contributed by atoms with E-state index in [1.54, 1.807) is 6.92 Å². The first kappa shape index (κ1) is 16.4. The molecule has 23 heavy (non-hydrogen) atoms. The Bertz CT molecular complexity index is 693. The van der Waals surface area contributed by atoms with Crippen molar-refractivity contribution in [1.29, 1.82) is 5.26 Å². The van der Waals surface area contributed by atoms with Crippen molar-refractivity contribution in [2.75, 3.05) is 6.61 Å². The van der Waals surface area contributed by atoms with Crippen LogP contribution in [0.15, 0.2) is 24.3 Å². The van der Waals surface area contributed by atoms with Crippen LogP contribution >= 0.6 is 0 Å². The van der Waals surface area contributed by atoms with Gasteiger partial charge in [-0.15, -0.1) is 0 Å². The lowest BCUT2D eigenvalue weighted by Gasteiger charge is -2.22. The highest BCUT2D eigenvalue weighted by Gasteiger charge is 2.43. The fraction of sp³-hybridized carbons (Fsp3) is 0.400. The third kappa shape index (κ3) is 4.03. The fourth-order valence-corrected chi connectivity index (χ4v) is 2.17. The van der Waals surface area contributed by atoms with Crippen LogP contribution in [0.2, 0.25) is 0 Å². The molecule has 1 N–H and O–H groups in total.